The maximum atomic E-state index is 13.0. The normalized spacial score (nSPS) is 27.1. The highest BCUT2D eigenvalue weighted by Gasteiger charge is 2.38. The second-order valence-electron chi connectivity index (χ2n) is 4.24. The molecule has 0 spiro atoms. The van der Waals surface area contributed by atoms with Gasteiger partial charge in [0, 0.05) is 25.3 Å². The highest BCUT2D eigenvalue weighted by atomic mass is 19.3. The van der Waals surface area contributed by atoms with E-state index in [0.717, 1.165) is 0 Å². The summed E-state index contributed by atoms with van der Waals surface area (Å²) >= 11 is 0. The van der Waals surface area contributed by atoms with Crippen molar-refractivity contribution in [3.05, 3.63) is 0 Å². The Morgan fingerprint density at radius 1 is 1.67 bits per heavy atom. The van der Waals surface area contributed by atoms with E-state index in [1.165, 1.54) is 6.92 Å². The van der Waals surface area contributed by atoms with E-state index in [1.54, 1.807) is 0 Å². The van der Waals surface area contributed by atoms with E-state index < -0.39 is 17.9 Å². The Morgan fingerprint density at radius 3 is 2.87 bits per heavy atom. The van der Waals surface area contributed by atoms with Crippen molar-refractivity contribution in [2.45, 2.75) is 44.6 Å². The Morgan fingerprint density at radius 2 is 2.33 bits per heavy atom. The van der Waals surface area contributed by atoms with Gasteiger partial charge in [0.2, 0.25) is 11.8 Å². The van der Waals surface area contributed by atoms with Crippen LogP contribution >= 0.6 is 0 Å². The Labute approximate surface area is 87.9 Å². The summed E-state index contributed by atoms with van der Waals surface area (Å²) in [6.07, 6.45) is -0.217. The summed E-state index contributed by atoms with van der Waals surface area (Å²) in [5, 5.41) is 11.4. The van der Waals surface area contributed by atoms with Gasteiger partial charge in [0.1, 0.15) is 0 Å². The fourth-order valence-electron chi connectivity index (χ4n) is 1.79. The molecule has 1 unspecified atom stereocenters. The molecule has 2 atom stereocenters. The fraction of sp³-hybridized carbons (Fsp3) is 0.900. The molecule has 0 radical (unpaired) electrons. The first-order valence-electron chi connectivity index (χ1n) is 5.24. The molecule has 88 valence electrons. The zero-order valence-corrected chi connectivity index (χ0v) is 8.80. The number of nitrogens with one attached hydrogen (secondary N) is 1. The van der Waals surface area contributed by atoms with E-state index in [4.69, 9.17) is 5.11 Å². The number of aliphatic hydroxyl groups excluding tert-OH is 1. The van der Waals surface area contributed by atoms with Gasteiger partial charge in [-0.05, 0) is 19.8 Å². The van der Waals surface area contributed by atoms with Crippen LogP contribution in [0, 0.1) is 5.92 Å². The molecule has 1 aliphatic carbocycles. The SMILES string of the molecule is C[C@H](O)CNC(=O)C1CCCC(F)(F)C1. The molecule has 0 aliphatic heterocycles. The lowest BCUT2D eigenvalue weighted by Gasteiger charge is -2.28. The monoisotopic (exact) mass is 221 g/mol. The van der Waals surface area contributed by atoms with E-state index in [-0.39, 0.29) is 25.3 Å². The summed E-state index contributed by atoms with van der Waals surface area (Å²) in [7, 11) is 0. The van der Waals surface area contributed by atoms with Gasteiger partial charge in [-0.3, -0.25) is 4.79 Å². The molecule has 0 aromatic rings. The molecule has 15 heavy (non-hydrogen) atoms. The summed E-state index contributed by atoms with van der Waals surface area (Å²) < 4.78 is 26.0. The van der Waals surface area contributed by atoms with Crippen molar-refractivity contribution in [3.8, 4) is 0 Å². The Kier molecular flexibility index (Phi) is 4.02. The highest BCUT2D eigenvalue weighted by Crippen LogP contribution is 2.36. The van der Waals surface area contributed by atoms with Gasteiger partial charge < -0.3 is 10.4 Å². The Bertz CT molecular complexity index is 231. The minimum atomic E-state index is -2.70. The van der Waals surface area contributed by atoms with Crippen LogP contribution < -0.4 is 5.32 Å². The number of carbonyl (C=O) groups is 1. The lowest BCUT2D eigenvalue weighted by atomic mass is 9.86. The number of aliphatic hydroxyl groups is 1. The molecule has 3 nitrogen and oxygen atoms in total. The van der Waals surface area contributed by atoms with Crippen molar-refractivity contribution in [2.24, 2.45) is 5.92 Å². The lowest BCUT2D eigenvalue weighted by Crippen LogP contribution is -2.39. The van der Waals surface area contributed by atoms with Crippen LogP contribution in [0.15, 0.2) is 0 Å². The molecule has 1 amide bonds. The minimum absolute atomic E-state index is 0.118. The van der Waals surface area contributed by atoms with Crippen LogP contribution in [0.25, 0.3) is 0 Å². The van der Waals surface area contributed by atoms with Crippen LogP contribution in [0.2, 0.25) is 0 Å². The van der Waals surface area contributed by atoms with E-state index >= 15 is 0 Å². The molecular formula is C10H17F2NO2. The standard InChI is InChI=1S/C10H17F2NO2/c1-7(14)6-13-9(15)8-3-2-4-10(11,12)5-8/h7-8,14H,2-6H2,1H3,(H,13,15)/t7-,8?/m0/s1. The third-order valence-corrected chi connectivity index (χ3v) is 2.58. The first-order valence-corrected chi connectivity index (χ1v) is 5.24. The predicted octanol–water partition coefficient (Wildman–Crippen LogP) is 1.31. The van der Waals surface area contributed by atoms with Crippen molar-refractivity contribution >= 4 is 5.91 Å². The topological polar surface area (TPSA) is 49.3 Å². The zero-order chi connectivity index (χ0) is 11.5. The first-order chi connectivity index (χ1) is 6.91. The number of hydrogen-bond donors (Lipinski definition) is 2. The Balaban J connectivity index is 2.39. The van der Waals surface area contributed by atoms with Gasteiger partial charge in [-0.2, -0.15) is 0 Å². The van der Waals surface area contributed by atoms with Crippen LogP contribution in [0.5, 0.6) is 0 Å². The van der Waals surface area contributed by atoms with Crippen molar-refractivity contribution < 1.29 is 18.7 Å². The number of halogens is 2. The molecule has 0 aromatic heterocycles. The summed E-state index contributed by atoms with van der Waals surface area (Å²) in [5.41, 5.74) is 0. The average molecular weight is 221 g/mol. The maximum Gasteiger partial charge on any atom is 0.248 e. The first kappa shape index (κ1) is 12.4. The van der Waals surface area contributed by atoms with Crippen molar-refractivity contribution in [1.29, 1.82) is 0 Å². The largest absolute Gasteiger partial charge is 0.392 e. The molecule has 1 fully saturated rings. The summed E-state index contributed by atoms with van der Waals surface area (Å²) in [5.74, 6) is -3.67. The Hall–Kier alpha value is -0.710. The lowest BCUT2D eigenvalue weighted by molar-refractivity contribution is -0.132. The smallest absolute Gasteiger partial charge is 0.248 e. The van der Waals surface area contributed by atoms with Gasteiger partial charge in [-0.15, -0.1) is 0 Å². The number of rotatable bonds is 3. The highest BCUT2D eigenvalue weighted by molar-refractivity contribution is 5.78. The number of amides is 1. The van der Waals surface area contributed by atoms with Gasteiger partial charge in [0.15, 0.2) is 0 Å². The quantitative estimate of drug-likeness (QED) is 0.755. The summed E-state index contributed by atoms with van der Waals surface area (Å²) in [4.78, 5) is 11.4. The van der Waals surface area contributed by atoms with E-state index in [9.17, 15) is 13.6 Å². The van der Waals surface area contributed by atoms with Gasteiger partial charge >= 0.3 is 0 Å². The van der Waals surface area contributed by atoms with Crippen molar-refractivity contribution in [1.82, 2.24) is 5.32 Å². The van der Waals surface area contributed by atoms with E-state index in [1.807, 2.05) is 0 Å². The maximum absolute atomic E-state index is 13.0. The zero-order valence-electron chi connectivity index (χ0n) is 8.80. The molecule has 0 bridgehead atoms. The van der Waals surface area contributed by atoms with Crippen molar-refractivity contribution in [2.75, 3.05) is 6.54 Å². The number of carbonyl (C=O) groups excluding carboxylic acids is 1. The molecule has 0 saturated heterocycles. The van der Waals surface area contributed by atoms with Gasteiger partial charge in [-0.1, -0.05) is 0 Å². The second-order valence-corrected chi connectivity index (χ2v) is 4.24. The molecule has 5 heteroatoms. The summed E-state index contributed by atoms with van der Waals surface area (Å²) in [6, 6.07) is 0. The third-order valence-electron chi connectivity index (χ3n) is 2.58. The molecule has 1 saturated carbocycles. The number of alkyl halides is 2. The van der Waals surface area contributed by atoms with Gasteiger partial charge in [0.25, 0.3) is 0 Å². The van der Waals surface area contributed by atoms with Gasteiger partial charge in [-0.25, -0.2) is 8.78 Å². The van der Waals surface area contributed by atoms with Crippen LogP contribution in [-0.4, -0.2) is 29.6 Å². The molecule has 0 aromatic carbocycles. The minimum Gasteiger partial charge on any atom is -0.392 e. The second kappa shape index (κ2) is 4.88. The fourth-order valence-corrected chi connectivity index (χ4v) is 1.79. The van der Waals surface area contributed by atoms with Crippen LogP contribution in [0.3, 0.4) is 0 Å². The molecule has 1 aliphatic rings. The van der Waals surface area contributed by atoms with Crippen molar-refractivity contribution in [3.63, 3.8) is 0 Å². The average Bonchev–Trinajstić information content (AvgIpc) is 2.12. The van der Waals surface area contributed by atoms with Gasteiger partial charge in [0.05, 0.1) is 6.10 Å². The molecule has 2 N–H and O–H groups in total. The summed E-state index contributed by atoms with van der Waals surface area (Å²) in [6.45, 7) is 1.66. The molecule has 1 rings (SSSR count). The third kappa shape index (κ3) is 4.11. The van der Waals surface area contributed by atoms with Crippen LogP contribution in [0.4, 0.5) is 8.78 Å². The van der Waals surface area contributed by atoms with Crippen LogP contribution in [0.1, 0.15) is 32.6 Å². The predicted molar refractivity (Wildman–Crippen MR) is 51.6 cm³/mol. The molecule has 0 heterocycles. The van der Waals surface area contributed by atoms with E-state index in [2.05, 4.69) is 5.32 Å². The number of hydrogen-bond acceptors (Lipinski definition) is 2. The van der Waals surface area contributed by atoms with E-state index in [0.29, 0.717) is 12.8 Å². The van der Waals surface area contributed by atoms with Crippen LogP contribution in [-0.2, 0) is 4.79 Å². The molecular weight excluding hydrogens is 204 g/mol.